The van der Waals surface area contributed by atoms with Crippen LogP contribution in [0.15, 0.2) is 12.2 Å². The Morgan fingerprint density at radius 1 is 1.29 bits per heavy atom. The molecule has 0 heterocycles. The quantitative estimate of drug-likeness (QED) is 0.572. The summed E-state index contributed by atoms with van der Waals surface area (Å²) in [4.78, 5) is 11.5. The van der Waals surface area contributed by atoms with Crippen molar-refractivity contribution in [3.05, 3.63) is 12.2 Å². The highest BCUT2D eigenvalue weighted by Crippen LogP contribution is 2.15. The average Bonchev–Trinajstić information content (AvgIpc) is 2.28. The maximum atomic E-state index is 11.5. The summed E-state index contributed by atoms with van der Waals surface area (Å²) in [6, 6.07) is 0. The Hall–Kier alpha value is -1.03. The lowest BCUT2D eigenvalue weighted by atomic mass is 10.0. The highest BCUT2D eigenvalue weighted by atomic mass is 16.6. The number of nitrogens with one attached hydrogen (secondary N) is 1. The molecule has 0 radical (unpaired) electrons. The van der Waals surface area contributed by atoms with Gasteiger partial charge >= 0.3 is 6.09 Å². The predicted molar refractivity (Wildman–Crippen MR) is 68.8 cm³/mol. The van der Waals surface area contributed by atoms with Gasteiger partial charge in [-0.25, -0.2) is 4.79 Å². The molecule has 0 fully saturated rings. The van der Waals surface area contributed by atoms with Crippen LogP contribution in [0.5, 0.6) is 0 Å². The van der Waals surface area contributed by atoms with Gasteiger partial charge in [0.1, 0.15) is 6.10 Å². The van der Waals surface area contributed by atoms with E-state index in [1.54, 1.807) is 0 Å². The monoisotopic (exact) mass is 240 g/mol. The standard InChI is InChI=1S/C13H24N2O2/c14-10-6-7-11-15-13(16)17-12-8-4-2-1-3-5-9-12/h1-2,12H,3-11,14H2,(H,15,16)/b2-1-. The van der Waals surface area contributed by atoms with Crippen molar-refractivity contribution in [2.24, 2.45) is 5.73 Å². The van der Waals surface area contributed by atoms with E-state index in [2.05, 4.69) is 17.5 Å². The van der Waals surface area contributed by atoms with E-state index in [-0.39, 0.29) is 12.2 Å². The third-order valence-electron chi connectivity index (χ3n) is 2.89. The molecule has 3 N–H and O–H groups in total. The van der Waals surface area contributed by atoms with Crippen LogP contribution in [0.3, 0.4) is 0 Å². The average molecular weight is 240 g/mol. The zero-order valence-electron chi connectivity index (χ0n) is 10.5. The highest BCUT2D eigenvalue weighted by molar-refractivity contribution is 5.67. The number of ether oxygens (including phenoxy) is 1. The van der Waals surface area contributed by atoms with Gasteiger partial charge in [-0.2, -0.15) is 0 Å². The fourth-order valence-electron chi connectivity index (χ4n) is 1.90. The molecule has 1 rings (SSSR count). The molecule has 0 spiro atoms. The number of hydrogen-bond acceptors (Lipinski definition) is 3. The fraction of sp³-hybridized carbons (Fsp3) is 0.769. The van der Waals surface area contributed by atoms with E-state index in [1.165, 1.54) is 0 Å². The van der Waals surface area contributed by atoms with E-state index in [1.807, 2.05) is 0 Å². The van der Waals surface area contributed by atoms with Crippen LogP contribution in [-0.2, 0) is 4.74 Å². The Bertz CT molecular complexity index is 242. The molecule has 98 valence electrons. The number of carbonyl (C=O) groups excluding carboxylic acids is 1. The number of amides is 1. The van der Waals surface area contributed by atoms with E-state index in [0.717, 1.165) is 44.9 Å². The minimum Gasteiger partial charge on any atom is -0.446 e. The maximum Gasteiger partial charge on any atom is 0.407 e. The van der Waals surface area contributed by atoms with E-state index >= 15 is 0 Å². The smallest absolute Gasteiger partial charge is 0.407 e. The molecular weight excluding hydrogens is 216 g/mol. The molecule has 17 heavy (non-hydrogen) atoms. The molecule has 1 amide bonds. The Labute approximate surface area is 104 Å². The summed E-state index contributed by atoms with van der Waals surface area (Å²) < 4.78 is 5.39. The lowest BCUT2D eigenvalue weighted by molar-refractivity contribution is 0.0863. The number of carbonyl (C=O) groups is 1. The first-order valence-corrected chi connectivity index (χ1v) is 6.62. The van der Waals surface area contributed by atoms with Crippen molar-refractivity contribution < 1.29 is 9.53 Å². The van der Waals surface area contributed by atoms with Crippen LogP contribution in [0.4, 0.5) is 4.79 Å². The van der Waals surface area contributed by atoms with Crippen LogP contribution < -0.4 is 11.1 Å². The SMILES string of the molecule is NCCCCNC(=O)OC1CC/C=C\CCC1. The Kier molecular flexibility index (Phi) is 7.47. The van der Waals surface area contributed by atoms with Gasteiger partial charge in [-0.1, -0.05) is 12.2 Å². The Morgan fingerprint density at radius 2 is 2.12 bits per heavy atom. The van der Waals surface area contributed by atoms with E-state index in [4.69, 9.17) is 10.5 Å². The predicted octanol–water partition coefficient (Wildman–Crippen LogP) is 2.34. The van der Waals surface area contributed by atoms with Gasteiger partial charge in [-0.15, -0.1) is 0 Å². The van der Waals surface area contributed by atoms with Crippen LogP contribution in [0.25, 0.3) is 0 Å². The molecule has 1 aliphatic rings. The second-order valence-corrected chi connectivity index (χ2v) is 4.43. The highest BCUT2D eigenvalue weighted by Gasteiger charge is 2.13. The second-order valence-electron chi connectivity index (χ2n) is 4.43. The lowest BCUT2D eigenvalue weighted by Crippen LogP contribution is -2.30. The molecule has 1 unspecified atom stereocenters. The molecule has 0 saturated carbocycles. The van der Waals surface area contributed by atoms with Gasteiger partial charge in [0.25, 0.3) is 0 Å². The zero-order valence-corrected chi connectivity index (χ0v) is 10.5. The second kappa shape index (κ2) is 9.05. The third-order valence-corrected chi connectivity index (χ3v) is 2.89. The molecule has 4 nitrogen and oxygen atoms in total. The summed E-state index contributed by atoms with van der Waals surface area (Å²) >= 11 is 0. The van der Waals surface area contributed by atoms with Crippen LogP contribution in [0.1, 0.15) is 44.9 Å². The van der Waals surface area contributed by atoms with Crippen molar-refractivity contribution in [1.29, 1.82) is 0 Å². The summed E-state index contributed by atoms with van der Waals surface area (Å²) in [7, 11) is 0. The van der Waals surface area contributed by atoms with Crippen LogP contribution >= 0.6 is 0 Å². The molecule has 0 saturated heterocycles. The molecule has 1 aliphatic carbocycles. The summed E-state index contributed by atoms with van der Waals surface area (Å²) in [5, 5.41) is 2.77. The van der Waals surface area contributed by atoms with Gasteiger partial charge in [0.2, 0.25) is 0 Å². The van der Waals surface area contributed by atoms with Gasteiger partial charge in [0.05, 0.1) is 0 Å². The minimum absolute atomic E-state index is 0.0782. The normalized spacial score (nSPS) is 22.3. The molecule has 0 aromatic heterocycles. The summed E-state index contributed by atoms with van der Waals surface area (Å²) in [5.74, 6) is 0. The summed E-state index contributed by atoms with van der Waals surface area (Å²) in [6.07, 6.45) is 11.1. The molecule has 0 aromatic carbocycles. The number of unbranched alkanes of at least 4 members (excludes halogenated alkanes) is 1. The summed E-state index contributed by atoms with van der Waals surface area (Å²) in [5.41, 5.74) is 5.38. The number of alkyl carbamates (subject to hydrolysis) is 1. The van der Waals surface area contributed by atoms with E-state index in [0.29, 0.717) is 13.1 Å². The van der Waals surface area contributed by atoms with Crippen molar-refractivity contribution in [1.82, 2.24) is 5.32 Å². The maximum absolute atomic E-state index is 11.5. The fourth-order valence-corrected chi connectivity index (χ4v) is 1.90. The number of rotatable bonds is 5. The lowest BCUT2D eigenvalue weighted by Gasteiger charge is -2.18. The van der Waals surface area contributed by atoms with Crippen LogP contribution in [0, 0.1) is 0 Å². The van der Waals surface area contributed by atoms with Gasteiger partial charge in [-0.05, 0) is 51.5 Å². The van der Waals surface area contributed by atoms with Crippen molar-refractivity contribution >= 4 is 6.09 Å². The topological polar surface area (TPSA) is 64.3 Å². The minimum atomic E-state index is -0.281. The third kappa shape index (κ3) is 7.00. The molecule has 1 atom stereocenters. The first-order chi connectivity index (χ1) is 8.33. The molecule has 0 aliphatic heterocycles. The molecular formula is C13H24N2O2. The largest absolute Gasteiger partial charge is 0.446 e. The number of allylic oxidation sites excluding steroid dienone is 2. The van der Waals surface area contributed by atoms with Gasteiger partial charge in [0, 0.05) is 6.54 Å². The van der Waals surface area contributed by atoms with Crippen molar-refractivity contribution in [2.45, 2.75) is 51.0 Å². The number of nitrogens with two attached hydrogens (primary N) is 1. The Balaban J connectivity index is 2.13. The van der Waals surface area contributed by atoms with Crippen LogP contribution in [0.2, 0.25) is 0 Å². The van der Waals surface area contributed by atoms with E-state index in [9.17, 15) is 4.79 Å². The molecule has 0 aromatic rings. The molecule has 4 heteroatoms. The zero-order chi connectivity index (χ0) is 12.3. The number of hydrogen-bond donors (Lipinski definition) is 2. The van der Waals surface area contributed by atoms with Crippen molar-refractivity contribution in [3.8, 4) is 0 Å². The van der Waals surface area contributed by atoms with Crippen molar-refractivity contribution in [2.75, 3.05) is 13.1 Å². The van der Waals surface area contributed by atoms with Gasteiger partial charge < -0.3 is 15.8 Å². The van der Waals surface area contributed by atoms with Gasteiger partial charge in [0.15, 0.2) is 0 Å². The van der Waals surface area contributed by atoms with E-state index < -0.39 is 0 Å². The van der Waals surface area contributed by atoms with Crippen molar-refractivity contribution in [3.63, 3.8) is 0 Å². The molecule has 0 bridgehead atoms. The van der Waals surface area contributed by atoms with Crippen LogP contribution in [-0.4, -0.2) is 25.3 Å². The summed E-state index contributed by atoms with van der Waals surface area (Å²) in [6.45, 7) is 1.33. The first kappa shape index (κ1) is 14.0. The Morgan fingerprint density at radius 3 is 2.94 bits per heavy atom. The van der Waals surface area contributed by atoms with Gasteiger partial charge in [-0.3, -0.25) is 0 Å². The first-order valence-electron chi connectivity index (χ1n) is 6.62.